The molecule has 1 unspecified atom stereocenters. The van der Waals surface area contributed by atoms with Crippen molar-refractivity contribution in [1.82, 2.24) is 0 Å². The summed E-state index contributed by atoms with van der Waals surface area (Å²) in [6, 6.07) is 0. The maximum Gasteiger partial charge on any atom is 0.158 e. The number of aliphatic hydroxyl groups excluding tert-OH is 1. The Morgan fingerprint density at radius 3 is 2.72 bits per heavy atom. The first-order valence-corrected chi connectivity index (χ1v) is 9.26. The largest absolute Gasteiger partial charge is 0.389 e. The number of carbonyl (C=O) groups excluding carboxylic acids is 2. The van der Waals surface area contributed by atoms with E-state index in [-0.39, 0.29) is 17.6 Å². The van der Waals surface area contributed by atoms with Crippen LogP contribution in [0.3, 0.4) is 0 Å². The number of rotatable bonds is 11. The summed E-state index contributed by atoms with van der Waals surface area (Å²) in [7, 11) is 0. The zero-order chi connectivity index (χ0) is 18.7. The molecule has 4 nitrogen and oxygen atoms in total. The van der Waals surface area contributed by atoms with Gasteiger partial charge in [-0.05, 0) is 44.9 Å². The van der Waals surface area contributed by atoms with E-state index < -0.39 is 12.2 Å². The smallest absolute Gasteiger partial charge is 0.158 e. The summed E-state index contributed by atoms with van der Waals surface area (Å²) in [5.41, 5.74) is -0.843. The van der Waals surface area contributed by atoms with Crippen molar-refractivity contribution in [3.8, 4) is 0 Å². The molecule has 0 aromatic carbocycles. The van der Waals surface area contributed by atoms with Gasteiger partial charge in [-0.25, -0.2) is 0 Å². The number of hydrogen-bond acceptors (Lipinski definition) is 4. The van der Waals surface area contributed by atoms with Crippen LogP contribution in [0.1, 0.15) is 58.8 Å². The van der Waals surface area contributed by atoms with E-state index in [2.05, 4.69) is 6.08 Å². The Balaban J connectivity index is 2.49. The standard InChI is InChI=1S/C21H32O4/c1-3-4-14-21(2,25)15-8-9-17-12-13-20(24)19(17)11-7-5-6-10-18(23)16-22/h4-5,7-9,14,17,19,22,25H,3,6,10-13,15-16H2,1-2H3/t17-,19+,21?/m0/s1. The topological polar surface area (TPSA) is 74.6 Å². The zero-order valence-corrected chi connectivity index (χ0v) is 15.5. The van der Waals surface area contributed by atoms with E-state index in [9.17, 15) is 14.7 Å². The highest BCUT2D eigenvalue weighted by molar-refractivity contribution is 5.84. The molecular weight excluding hydrogens is 316 g/mol. The number of allylic oxidation sites excluding steroid dienone is 4. The van der Waals surface area contributed by atoms with Crippen molar-refractivity contribution in [1.29, 1.82) is 0 Å². The zero-order valence-electron chi connectivity index (χ0n) is 15.5. The number of hydrogen-bond donors (Lipinski definition) is 2. The molecule has 0 saturated heterocycles. The summed E-state index contributed by atoms with van der Waals surface area (Å²) >= 11 is 0. The molecule has 1 aliphatic carbocycles. The molecule has 25 heavy (non-hydrogen) atoms. The number of ketones is 2. The molecule has 4 heteroatoms. The van der Waals surface area contributed by atoms with E-state index in [1.165, 1.54) is 0 Å². The summed E-state index contributed by atoms with van der Waals surface area (Å²) < 4.78 is 0. The highest BCUT2D eigenvalue weighted by Crippen LogP contribution is 2.33. The third-order valence-electron chi connectivity index (χ3n) is 4.60. The quantitative estimate of drug-likeness (QED) is 0.560. The fourth-order valence-electron chi connectivity index (χ4n) is 3.08. The summed E-state index contributed by atoms with van der Waals surface area (Å²) in [5.74, 6) is 0.356. The molecular formula is C21H32O4. The second kappa shape index (κ2) is 11.2. The maximum absolute atomic E-state index is 12.1. The van der Waals surface area contributed by atoms with Crippen LogP contribution in [0.25, 0.3) is 0 Å². The molecule has 0 amide bonds. The van der Waals surface area contributed by atoms with E-state index >= 15 is 0 Å². The first-order valence-electron chi connectivity index (χ1n) is 9.26. The molecule has 0 aromatic heterocycles. The van der Waals surface area contributed by atoms with Crippen molar-refractivity contribution in [3.63, 3.8) is 0 Å². The molecule has 0 aliphatic heterocycles. The minimum atomic E-state index is -0.843. The van der Waals surface area contributed by atoms with Gasteiger partial charge in [0.05, 0.1) is 5.60 Å². The van der Waals surface area contributed by atoms with Gasteiger partial charge in [0, 0.05) is 18.8 Å². The van der Waals surface area contributed by atoms with Gasteiger partial charge in [-0.2, -0.15) is 0 Å². The molecule has 0 heterocycles. The fourth-order valence-corrected chi connectivity index (χ4v) is 3.08. The van der Waals surface area contributed by atoms with E-state index in [1.54, 1.807) is 6.92 Å². The Kier molecular flexibility index (Phi) is 9.61. The second-order valence-electron chi connectivity index (χ2n) is 7.02. The Morgan fingerprint density at radius 2 is 2.04 bits per heavy atom. The summed E-state index contributed by atoms with van der Waals surface area (Å²) in [5, 5.41) is 18.9. The van der Waals surface area contributed by atoms with Gasteiger partial charge in [-0.15, -0.1) is 0 Å². The van der Waals surface area contributed by atoms with Crippen LogP contribution in [0.4, 0.5) is 0 Å². The van der Waals surface area contributed by atoms with Crippen LogP contribution in [0.2, 0.25) is 0 Å². The summed E-state index contributed by atoms with van der Waals surface area (Å²) in [6.07, 6.45) is 16.3. The van der Waals surface area contributed by atoms with Gasteiger partial charge in [0.2, 0.25) is 0 Å². The average Bonchev–Trinajstić information content (AvgIpc) is 2.92. The third kappa shape index (κ3) is 8.41. The Hall–Kier alpha value is -1.52. The van der Waals surface area contributed by atoms with Gasteiger partial charge < -0.3 is 10.2 Å². The van der Waals surface area contributed by atoms with Crippen LogP contribution >= 0.6 is 0 Å². The van der Waals surface area contributed by atoms with Crippen molar-refractivity contribution < 1.29 is 19.8 Å². The SMILES string of the molecule is CCC=CC(C)(O)CC=C[C@H]1CCC(=O)[C@@H]1CC=CCCC(=O)CO. The van der Waals surface area contributed by atoms with Crippen molar-refractivity contribution >= 4 is 11.6 Å². The lowest BCUT2D eigenvalue weighted by molar-refractivity contribution is -0.122. The molecule has 0 spiro atoms. The van der Waals surface area contributed by atoms with Gasteiger partial charge in [-0.1, -0.05) is 43.4 Å². The Bertz CT molecular complexity index is 514. The molecule has 0 aromatic rings. The summed E-state index contributed by atoms with van der Waals surface area (Å²) in [4.78, 5) is 23.1. The first kappa shape index (κ1) is 21.5. The van der Waals surface area contributed by atoms with Crippen molar-refractivity contribution in [3.05, 3.63) is 36.5 Å². The lowest BCUT2D eigenvalue weighted by Crippen LogP contribution is -2.19. The molecule has 3 atom stereocenters. The number of Topliss-reactive ketones (excluding diaryl/α,β-unsaturated/α-hetero) is 2. The molecule has 1 rings (SSSR count). The van der Waals surface area contributed by atoms with Crippen LogP contribution in [0, 0.1) is 11.8 Å². The highest BCUT2D eigenvalue weighted by atomic mass is 16.3. The predicted molar refractivity (Wildman–Crippen MR) is 100 cm³/mol. The molecule has 0 bridgehead atoms. The van der Waals surface area contributed by atoms with Crippen molar-refractivity contribution in [2.24, 2.45) is 11.8 Å². The Morgan fingerprint density at radius 1 is 1.28 bits per heavy atom. The highest BCUT2D eigenvalue weighted by Gasteiger charge is 2.31. The van der Waals surface area contributed by atoms with E-state index in [0.29, 0.717) is 37.9 Å². The fraction of sp³-hybridized carbons (Fsp3) is 0.619. The monoisotopic (exact) mass is 348 g/mol. The van der Waals surface area contributed by atoms with E-state index in [1.807, 2.05) is 37.3 Å². The van der Waals surface area contributed by atoms with Crippen LogP contribution in [-0.2, 0) is 9.59 Å². The summed E-state index contributed by atoms with van der Waals surface area (Å²) in [6.45, 7) is 3.42. The lowest BCUT2D eigenvalue weighted by atomic mass is 9.90. The number of aliphatic hydroxyl groups is 2. The van der Waals surface area contributed by atoms with Crippen molar-refractivity contribution in [2.75, 3.05) is 6.61 Å². The van der Waals surface area contributed by atoms with Gasteiger partial charge in [-0.3, -0.25) is 9.59 Å². The van der Waals surface area contributed by atoms with Crippen LogP contribution in [0.5, 0.6) is 0 Å². The first-order chi connectivity index (χ1) is 11.9. The number of carbonyl (C=O) groups is 2. The minimum absolute atomic E-state index is 0.00261. The lowest BCUT2D eigenvalue weighted by Gasteiger charge is -2.17. The second-order valence-corrected chi connectivity index (χ2v) is 7.02. The maximum atomic E-state index is 12.1. The van der Waals surface area contributed by atoms with Crippen molar-refractivity contribution in [2.45, 2.75) is 64.4 Å². The molecule has 1 fully saturated rings. The van der Waals surface area contributed by atoms with Gasteiger partial charge in [0.1, 0.15) is 12.4 Å². The average molecular weight is 348 g/mol. The van der Waals surface area contributed by atoms with E-state index in [0.717, 1.165) is 12.8 Å². The molecule has 2 N–H and O–H groups in total. The molecule has 1 saturated carbocycles. The molecule has 1 aliphatic rings. The normalized spacial score (nSPS) is 23.9. The van der Waals surface area contributed by atoms with E-state index in [4.69, 9.17) is 5.11 Å². The molecule has 0 radical (unpaired) electrons. The third-order valence-corrected chi connectivity index (χ3v) is 4.60. The van der Waals surface area contributed by atoms with Gasteiger partial charge in [0.15, 0.2) is 5.78 Å². The van der Waals surface area contributed by atoms with Gasteiger partial charge in [0.25, 0.3) is 0 Å². The predicted octanol–water partition coefficient (Wildman–Crippen LogP) is 3.53. The Labute approximate surface area is 151 Å². The van der Waals surface area contributed by atoms with Crippen LogP contribution in [-0.4, -0.2) is 34.0 Å². The van der Waals surface area contributed by atoms with Gasteiger partial charge >= 0.3 is 0 Å². The van der Waals surface area contributed by atoms with Crippen LogP contribution < -0.4 is 0 Å². The molecule has 140 valence electrons. The van der Waals surface area contributed by atoms with Crippen LogP contribution in [0.15, 0.2) is 36.5 Å². The minimum Gasteiger partial charge on any atom is -0.389 e.